The highest BCUT2D eigenvalue weighted by molar-refractivity contribution is 8.04. The molecule has 1 aromatic rings. The van der Waals surface area contributed by atoms with Crippen LogP contribution in [-0.2, 0) is 14.6 Å². The first kappa shape index (κ1) is 13.2. The van der Waals surface area contributed by atoms with E-state index in [1.54, 1.807) is 36.6 Å². The summed E-state index contributed by atoms with van der Waals surface area (Å²) >= 11 is 1.28. The molecule has 1 aromatic carbocycles. The second-order valence-corrected chi connectivity index (χ2v) is 6.59. The van der Waals surface area contributed by atoms with Crippen LogP contribution in [0, 0.1) is 0 Å². The molecule has 0 amide bonds. The van der Waals surface area contributed by atoms with E-state index in [0.29, 0.717) is 10.5 Å². The fourth-order valence-corrected chi connectivity index (χ4v) is 4.23. The number of carbonyl (C=O) groups excluding carboxylic acids is 1. The maximum absolute atomic E-state index is 11.8. The molecule has 0 fully saturated rings. The standard InChI is InChI=1S/C12H12O4S2/c1-17-11-8-18(14,15)7-10(11)16-12(13)9-5-3-2-4-6-9/h2-6,8,10H,7H2,1H3/t10-/m1/s1. The van der Waals surface area contributed by atoms with Crippen molar-refractivity contribution in [2.24, 2.45) is 0 Å². The molecule has 1 aliphatic heterocycles. The molecule has 0 aromatic heterocycles. The molecule has 0 unspecified atom stereocenters. The molecule has 96 valence electrons. The molecule has 0 saturated heterocycles. The molecule has 1 aliphatic rings. The Morgan fingerprint density at radius 3 is 2.61 bits per heavy atom. The Kier molecular flexibility index (Phi) is 3.77. The van der Waals surface area contributed by atoms with E-state index in [0.717, 1.165) is 0 Å². The van der Waals surface area contributed by atoms with Gasteiger partial charge in [-0.05, 0) is 18.4 Å². The van der Waals surface area contributed by atoms with E-state index in [4.69, 9.17) is 4.74 Å². The van der Waals surface area contributed by atoms with Gasteiger partial charge >= 0.3 is 5.97 Å². The largest absolute Gasteiger partial charge is 0.452 e. The van der Waals surface area contributed by atoms with Gasteiger partial charge in [0.1, 0.15) is 6.10 Å². The van der Waals surface area contributed by atoms with Crippen molar-refractivity contribution in [2.45, 2.75) is 6.10 Å². The molecule has 0 spiro atoms. The van der Waals surface area contributed by atoms with Gasteiger partial charge in [0.25, 0.3) is 0 Å². The fraction of sp³-hybridized carbons (Fsp3) is 0.250. The van der Waals surface area contributed by atoms with Crippen molar-refractivity contribution >= 4 is 27.6 Å². The van der Waals surface area contributed by atoms with Crippen LogP contribution in [0.1, 0.15) is 10.4 Å². The number of rotatable bonds is 3. The van der Waals surface area contributed by atoms with Crippen molar-refractivity contribution in [3.8, 4) is 0 Å². The van der Waals surface area contributed by atoms with Crippen LogP contribution < -0.4 is 0 Å². The highest BCUT2D eigenvalue weighted by Gasteiger charge is 2.32. The zero-order chi connectivity index (χ0) is 13.2. The summed E-state index contributed by atoms with van der Waals surface area (Å²) in [6, 6.07) is 8.52. The van der Waals surface area contributed by atoms with E-state index >= 15 is 0 Å². The maximum Gasteiger partial charge on any atom is 0.338 e. The Balaban J connectivity index is 2.12. The van der Waals surface area contributed by atoms with E-state index < -0.39 is 21.9 Å². The topological polar surface area (TPSA) is 60.4 Å². The number of hydrogen-bond donors (Lipinski definition) is 0. The Morgan fingerprint density at radius 1 is 1.33 bits per heavy atom. The SMILES string of the molecule is CSC1=CS(=O)(=O)C[C@H]1OC(=O)c1ccccc1. The molecule has 18 heavy (non-hydrogen) atoms. The van der Waals surface area contributed by atoms with Gasteiger partial charge in [-0.15, -0.1) is 11.8 Å². The van der Waals surface area contributed by atoms with Gasteiger partial charge in [0.2, 0.25) is 0 Å². The quantitative estimate of drug-likeness (QED) is 0.793. The smallest absolute Gasteiger partial charge is 0.338 e. The number of ether oxygens (including phenoxy) is 1. The van der Waals surface area contributed by atoms with E-state index in [2.05, 4.69) is 0 Å². The second kappa shape index (κ2) is 5.16. The van der Waals surface area contributed by atoms with E-state index in [1.807, 2.05) is 0 Å². The lowest BCUT2D eigenvalue weighted by atomic mass is 10.2. The maximum atomic E-state index is 11.8. The summed E-state index contributed by atoms with van der Waals surface area (Å²) in [5.74, 6) is -0.667. The van der Waals surface area contributed by atoms with Gasteiger partial charge < -0.3 is 4.74 Å². The summed E-state index contributed by atoms with van der Waals surface area (Å²) in [6.45, 7) is 0. The minimum atomic E-state index is -3.24. The predicted molar refractivity (Wildman–Crippen MR) is 71.0 cm³/mol. The number of hydrogen-bond acceptors (Lipinski definition) is 5. The minimum absolute atomic E-state index is 0.165. The molecule has 0 radical (unpaired) electrons. The number of carbonyl (C=O) groups is 1. The van der Waals surface area contributed by atoms with Gasteiger partial charge in [-0.25, -0.2) is 13.2 Å². The predicted octanol–water partition coefficient (Wildman–Crippen LogP) is 1.84. The zero-order valence-corrected chi connectivity index (χ0v) is 11.3. The van der Waals surface area contributed by atoms with Crippen LogP contribution in [-0.4, -0.2) is 32.5 Å². The van der Waals surface area contributed by atoms with Crippen molar-refractivity contribution in [2.75, 3.05) is 12.0 Å². The third kappa shape index (κ3) is 2.94. The molecule has 0 N–H and O–H groups in total. The normalized spacial score (nSPS) is 21.4. The number of benzene rings is 1. The van der Waals surface area contributed by atoms with Crippen LogP contribution in [0.15, 0.2) is 40.6 Å². The van der Waals surface area contributed by atoms with Crippen LogP contribution in [0.2, 0.25) is 0 Å². The van der Waals surface area contributed by atoms with Crippen molar-refractivity contribution in [1.29, 1.82) is 0 Å². The van der Waals surface area contributed by atoms with Gasteiger partial charge in [-0.1, -0.05) is 18.2 Å². The van der Waals surface area contributed by atoms with Gasteiger partial charge in [0.05, 0.1) is 11.3 Å². The molecule has 0 saturated carbocycles. The lowest BCUT2D eigenvalue weighted by Crippen LogP contribution is -2.22. The zero-order valence-electron chi connectivity index (χ0n) is 9.70. The Labute approximate surface area is 110 Å². The molecule has 0 aliphatic carbocycles. The highest BCUT2D eigenvalue weighted by Crippen LogP contribution is 2.28. The van der Waals surface area contributed by atoms with Crippen LogP contribution in [0.4, 0.5) is 0 Å². The molecule has 1 atom stereocenters. The summed E-state index contributed by atoms with van der Waals surface area (Å²) in [5.41, 5.74) is 0.419. The van der Waals surface area contributed by atoms with Crippen molar-refractivity contribution < 1.29 is 17.9 Å². The third-order valence-electron chi connectivity index (χ3n) is 2.49. The van der Waals surface area contributed by atoms with Crippen LogP contribution in [0.25, 0.3) is 0 Å². The van der Waals surface area contributed by atoms with Crippen molar-refractivity contribution in [1.82, 2.24) is 0 Å². The summed E-state index contributed by atoms with van der Waals surface area (Å²) in [7, 11) is -3.24. The molecular weight excluding hydrogens is 272 g/mol. The monoisotopic (exact) mass is 284 g/mol. The van der Waals surface area contributed by atoms with Crippen LogP contribution >= 0.6 is 11.8 Å². The first-order valence-corrected chi connectivity index (χ1v) is 8.20. The van der Waals surface area contributed by atoms with E-state index in [1.165, 1.54) is 17.2 Å². The molecular formula is C12H12O4S2. The minimum Gasteiger partial charge on any atom is -0.452 e. The summed E-state index contributed by atoms with van der Waals surface area (Å²) in [4.78, 5) is 12.4. The summed E-state index contributed by atoms with van der Waals surface area (Å²) < 4.78 is 28.1. The van der Waals surface area contributed by atoms with Gasteiger partial charge in [-0.3, -0.25) is 0 Å². The number of esters is 1. The lowest BCUT2D eigenvalue weighted by Gasteiger charge is -2.13. The first-order valence-electron chi connectivity index (χ1n) is 5.26. The highest BCUT2D eigenvalue weighted by atomic mass is 32.2. The van der Waals surface area contributed by atoms with Gasteiger partial charge in [-0.2, -0.15) is 0 Å². The average Bonchev–Trinajstić information content (AvgIpc) is 2.65. The Morgan fingerprint density at radius 2 is 2.00 bits per heavy atom. The second-order valence-electron chi connectivity index (χ2n) is 3.81. The molecule has 1 heterocycles. The summed E-state index contributed by atoms with van der Waals surface area (Å²) in [5, 5.41) is 1.18. The molecule has 2 rings (SSSR count). The average molecular weight is 284 g/mol. The van der Waals surface area contributed by atoms with Gasteiger partial charge in [0.15, 0.2) is 9.84 Å². The van der Waals surface area contributed by atoms with E-state index in [-0.39, 0.29) is 5.75 Å². The van der Waals surface area contributed by atoms with Crippen molar-refractivity contribution in [3.05, 3.63) is 46.2 Å². The number of sulfone groups is 1. The van der Waals surface area contributed by atoms with Crippen LogP contribution in [0.3, 0.4) is 0 Å². The fourth-order valence-electron chi connectivity index (χ4n) is 1.64. The lowest BCUT2D eigenvalue weighted by molar-refractivity contribution is 0.0428. The number of thioether (sulfide) groups is 1. The molecule has 4 nitrogen and oxygen atoms in total. The summed E-state index contributed by atoms with van der Waals surface area (Å²) in [6.07, 6.45) is 1.08. The van der Waals surface area contributed by atoms with Crippen LogP contribution in [0.5, 0.6) is 0 Å². The van der Waals surface area contributed by atoms with Gasteiger partial charge in [0, 0.05) is 10.3 Å². The molecule has 0 bridgehead atoms. The Hall–Kier alpha value is -1.27. The van der Waals surface area contributed by atoms with Crippen molar-refractivity contribution in [3.63, 3.8) is 0 Å². The molecule has 6 heteroatoms. The van der Waals surface area contributed by atoms with E-state index in [9.17, 15) is 13.2 Å². The first-order chi connectivity index (χ1) is 8.52. The Bertz CT molecular complexity index is 575. The third-order valence-corrected chi connectivity index (χ3v) is 4.87.